The third kappa shape index (κ3) is 9.89. The number of carbonyl (C=O) groups is 5. The van der Waals surface area contributed by atoms with E-state index < -0.39 is 48.0 Å². The standard InChI is InChI=1S/C36H51N7O8S/c1-20(2)27(42(5)35(47)31(24-17-50-18-24)41-33(46)28-14-23-7-11-43(28)12-8-23)16-29(51-22(4)44)34-40-26(19-52-34)32(45)39-25(13-21(3)36(48)49)15-30-37-9-6-10-38-30/h6,9-10,19-21,23-25,27-29,31H,7-8,11-18H2,1-5H3,(H,39,45)(H,41,46)(H,48,49)/t21-,25+,27+,28+,29+,31-/m0/s1. The molecule has 6 rings (SSSR count). The third-order valence-electron chi connectivity index (χ3n) is 10.5. The van der Waals surface area contributed by atoms with Gasteiger partial charge in [0.15, 0.2) is 6.10 Å². The number of ether oxygens (including phenoxy) is 2. The average molecular weight is 742 g/mol. The van der Waals surface area contributed by atoms with E-state index in [1.807, 2.05) is 13.8 Å². The fraction of sp³-hybridized carbons (Fsp3) is 0.667. The summed E-state index contributed by atoms with van der Waals surface area (Å²) in [5.74, 6) is -2.34. The summed E-state index contributed by atoms with van der Waals surface area (Å²) < 4.78 is 11.2. The van der Waals surface area contributed by atoms with Gasteiger partial charge < -0.3 is 30.1 Å². The number of nitrogens with one attached hydrogen (secondary N) is 2. The van der Waals surface area contributed by atoms with Gasteiger partial charge in [0, 0.05) is 62.6 Å². The molecule has 3 amide bonds. The van der Waals surface area contributed by atoms with Crippen LogP contribution in [0.5, 0.6) is 0 Å². The first-order chi connectivity index (χ1) is 24.8. The van der Waals surface area contributed by atoms with Gasteiger partial charge >= 0.3 is 11.9 Å². The highest BCUT2D eigenvalue weighted by Crippen LogP contribution is 2.33. The number of carboxylic acids is 1. The number of aliphatic carboxylic acids is 1. The van der Waals surface area contributed by atoms with Crippen LogP contribution in [-0.4, -0.2) is 117 Å². The van der Waals surface area contributed by atoms with Crippen LogP contribution >= 0.6 is 11.3 Å². The van der Waals surface area contributed by atoms with Crippen LogP contribution < -0.4 is 10.6 Å². The zero-order valence-corrected chi connectivity index (χ0v) is 31.3. The summed E-state index contributed by atoms with van der Waals surface area (Å²) in [5, 5.41) is 17.4. The van der Waals surface area contributed by atoms with E-state index in [1.165, 1.54) is 6.92 Å². The molecule has 0 spiro atoms. The number of hydrogen-bond donors (Lipinski definition) is 3. The van der Waals surface area contributed by atoms with Crippen LogP contribution in [0.25, 0.3) is 0 Å². The molecule has 0 unspecified atom stereocenters. The molecule has 6 atom stereocenters. The van der Waals surface area contributed by atoms with Crippen LogP contribution in [0.15, 0.2) is 23.8 Å². The highest BCUT2D eigenvalue weighted by Gasteiger charge is 2.43. The number of hydrogen-bond acceptors (Lipinski definition) is 12. The second-order valence-electron chi connectivity index (χ2n) is 14.7. The van der Waals surface area contributed by atoms with E-state index in [1.54, 1.807) is 42.7 Å². The van der Waals surface area contributed by atoms with Gasteiger partial charge in [0.1, 0.15) is 22.6 Å². The van der Waals surface area contributed by atoms with Crippen molar-refractivity contribution in [2.24, 2.45) is 23.7 Å². The Morgan fingerprint density at radius 2 is 1.77 bits per heavy atom. The van der Waals surface area contributed by atoms with Crippen molar-refractivity contribution in [3.63, 3.8) is 0 Å². The van der Waals surface area contributed by atoms with Gasteiger partial charge in [0.05, 0.1) is 25.2 Å². The number of amides is 3. The largest absolute Gasteiger partial charge is 0.481 e. The predicted molar refractivity (Wildman–Crippen MR) is 190 cm³/mol. The number of nitrogens with zero attached hydrogens (tertiary/aromatic N) is 5. The molecule has 0 radical (unpaired) electrons. The zero-order valence-electron chi connectivity index (χ0n) is 30.5. The number of fused-ring (bicyclic) bond motifs is 3. The Morgan fingerprint density at radius 3 is 2.33 bits per heavy atom. The SMILES string of the molecule is CC(=O)O[C@H](C[C@H](C(C)C)N(C)C(=O)[C@@H](NC(=O)[C@H]1CC2CCN1CC2)C1COC1)c1nc(C(=O)N[C@@H](Cc2ncccn2)C[C@H](C)C(=O)O)cs1. The molecule has 3 N–H and O–H groups in total. The molecular weight excluding hydrogens is 691 g/mol. The monoisotopic (exact) mass is 741 g/mol. The maximum atomic E-state index is 14.2. The molecule has 2 aromatic rings. The van der Waals surface area contributed by atoms with E-state index in [2.05, 4.69) is 30.5 Å². The number of likely N-dealkylation sites (N-methyl/N-ethyl adjacent to an activating group) is 1. The molecule has 2 bridgehead atoms. The van der Waals surface area contributed by atoms with Gasteiger partial charge in [0.2, 0.25) is 11.8 Å². The Morgan fingerprint density at radius 1 is 1.08 bits per heavy atom. The maximum absolute atomic E-state index is 14.2. The number of rotatable bonds is 17. The van der Waals surface area contributed by atoms with E-state index in [-0.39, 0.29) is 54.6 Å². The van der Waals surface area contributed by atoms with Gasteiger partial charge in [-0.1, -0.05) is 20.8 Å². The summed E-state index contributed by atoms with van der Waals surface area (Å²) in [5.41, 5.74) is 0.0875. The summed E-state index contributed by atoms with van der Waals surface area (Å²) in [6, 6.07) is -0.318. The maximum Gasteiger partial charge on any atom is 0.306 e. The fourth-order valence-electron chi connectivity index (χ4n) is 7.37. The van der Waals surface area contributed by atoms with Crippen molar-refractivity contribution in [1.29, 1.82) is 0 Å². The van der Waals surface area contributed by atoms with Gasteiger partial charge in [0.25, 0.3) is 5.91 Å². The number of aromatic nitrogens is 3. The average Bonchev–Trinajstić information content (AvgIpc) is 3.59. The highest BCUT2D eigenvalue weighted by atomic mass is 32.1. The van der Waals surface area contributed by atoms with Gasteiger partial charge in [-0.2, -0.15) is 0 Å². The van der Waals surface area contributed by atoms with E-state index in [0.29, 0.717) is 30.0 Å². The lowest BCUT2D eigenvalue weighted by atomic mass is 9.82. The minimum absolute atomic E-state index is 0.0684. The third-order valence-corrected chi connectivity index (χ3v) is 11.4. The van der Waals surface area contributed by atoms with Gasteiger partial charge in [-0.05, 0) is 56.7 Å². The molecule has 4 saturated heterocycles. The van der Waals surface area contributed by atoms with Crippen molar-refractivity contribution in [2.45, 2.75) is 96.5 Å². The summed E-state index contributed by atoms with van der Waals surface area (Å²) in [6.45, 7) is 9.36. The lowest BCUT2D eigenvalue weighted by Gasteiger charge is -2.45. The molecule has 52 heavy (non-hydrogen) atoms. The lowest BCUT2D eigenvalue weighted by Crippen LogP contribution is -2.62. The number of carbonyl (C=O) groups excluding carboxylic acids is 4. The van der Waals surface area contributed by atoms with Crippen LogP contribution in [0.1, 0.15) is 87.2 Å². The zero-order chi connectivity index (χ0) is 37.5. The Hall–Kier alpha value is -4.02. The lowest BCUT2D eigenvalue weighted by molar-refractivity contribution is -0.151. The van der Waals surface area contributed by atoms with E-state index in [4.69, 9.17) is 9.47 Å². The summed E-state index contributed by atoms with van der Waals surface area (Å²) >= 11 is 1.16. The molecule has 0 aromatic carbocycles. The summed E-state index contributed by atoms with van der Waals surface area (Å²) in [4.78, 5) is 82.0. The van der Waals surface area contributed by atoms with Crippen LogP contribution in [0.4, 0.5) is 0 Å². The number of thiazole rings is 1. The molecule has 0 aliphatic carbocycles. The molecule has 4 fully saturated rings. The van der Waals surface area contributed by atoms with Crippen molar-refractivity contribution in [3.05, 3.63) is 40.4 Å². The summed E-state index contributed by atoms with van der Waals surface area (Å²) in [6.07, 6.45) is 5.89. The molecule has 16 heteroatoms. The van der Waals surface area contributed by atoms with E-state index in [9.17, 15) is 29.1 Å². The molecule has 15 nitrogen and oxygen atoms in total. The van der Waals surface area contributed by atoms with Crippen LogP contribution in [0.2, 0.25) is 0 Å². The second kappa shape index (κ2) is 17.7. The minimum Gasteiger partial charge on any atom is -0.481 e. The molecular formula is C36H51N7O8S. The molecule has 4 aliphatic heterocycles. The second-order valence-corrected chi connectivity index (χ2v) is 15.6. The van der Waals surface area contributed by atoms with Crippen molar-refractivity contribution in [3.8, 4) is 0 Å². The quantitative estimate of drug-likeness (QED) is 0.201. The van der Waals surface area contributed by atoms with Gasteiger partial charge in [-0.15, -0.1) is 11.3 Å². The van der Waals surface area contributed by atoms with Crippen LogP contribution in [0, 0.1) is 23.7 Å². The Balaban J connectivity index is 1.29. The van der Waals surface area contributed by atoms with Gasteiger partial charge in [-0.3, -0.25) is 28.9 Å². The van der Waals surface area contributed by atoms with Crippen LogP contribution in [0.3, 0.4) is 0 Å². The van der Waals surface area contributed by atoms with E-state index in [0.717, 1.165) is 43.7 Å². The summed E-state index contributed by atoms with van der Waals surface area (Å²) in [7, 11) is 1.71. The number of carboxylic acid groups (broad SMARTS) is 1. The molecule has 284 valence electrons. The molecule has 4 aliphatic rings. The first kappa shape index (κ1) is 39.2. The Labute approximate surface area is 308 Å². The fourth-order valence-corrected chi connectivity index (χ4v) is 8.21. The molecule has 2 aromatic heterocycles. The first-order valence-corrected chi connectivity index (χ1v) is 19.0. The Bertz CT molecular complexity index is 1560. The topological polar surface area (TPSA) is 193 Å². The highest BCUT2D eigenvalue weighted by molar-refractivity contribution is 7.09. The minimum atomic E-state index is -0.986. The normalized spacial score (nSPS) is 22.7. The molecule has 0 saturated carbocycles. The van der Waals surface area contributed by atoms with Crippen molar-refractivity contribution in [1.82, 2.24) is 35.4 Å². The number of esters is 1. The van der Waals surface area contributed by atoms with Crippen molar-refractivity contribution in [2.75, 3.05) is 33.4 Å². The predicted octanol–water partition coefficient (Wildman–Crippen LogP) is 2.48. The van der Waals surface area contributed by atoms with E-state index >= 15 is 0 Å². The Kier molecular flexibility index (Phi) is 13.3. The number of piperidine rings is 3. The van der Waals surface area contributed by atoms with Crippen LogP contribution in [-0.2, 0) is 35.1 Å². The molecule has 6 heterocycles. The smallest absolute Gasteiger partial charge is 0.306 e. The van der Waals surface area contributed by atoms with Crippen molar-refractivity contribution >= 4 is 41.0 Å². The first-order valence-electron chi connectivity index (χ1n) is 18.1. The van der Waals surface area contributed by atoms with Gasteiger partial charge in [-0.25, -0.2) is 15.0 Å². The van der Waals surface area contributed by atoms with Crippen molar-refractivity contribution < 1.29 is 38.6 Å².